The minimum Gasteiger partial charge on any atom is -0.497 e. The molecule has 2 aromatic carbocycles. The van der Waals surface area contributed by atoms with Gasteiger partial charge in [0.2, 0.25) is 5.91 Å². The molecule has 0 fully saturated rings. The first-order chi connectivity index (χ1) is 18.2. The number of rotatable bonds is 11. The molecule has 0 aliphatic rings. The summed E-state index contributed by atoms with van der Waals surface area (Å²) in [5.41, 5.74) is 2.58. The Morgan fingerprint density at radius 2 is 1.59 bits per heavy atom. The van der Waals surface area contributed by atoms with E-state index in [1.165, 1.54) is 0 Å². The molecule has 0 aromatic heterocycles. The van der Waals surface area contributed by atoms with Crippen molar-refractivity contribution in [3.05, 3.63) is 59.2 Å². The molecule has 0 heterocycles. The van der Waals surface area contributed by atoms with Crippen molar-refractivity contribution in [3.63, 3.8) is 0 Å². The van der Waals surface area contributed by atoms with Gasteiger partial charge >= 0.3 is 6.09 Å². The van der Waals surface area contributed by atoms with Gasteiger partial charge in [0.05, 0.1) is 7.11 Å². The van der Waals surface area contributed by atoms with E-state index >= 15 is 0 Å². The first-order valence-corrected chi connectivity index (χ1v) is 13.5. The van der Waals surface area contributed by atoms with E-state index < -0.39 is 17.7 Å². The summed E-state index contributed by atoms with van der Waals surface area (Å²) in [5, 5.41) is 5.56. The number of aryl methyl sites for hydroxylation is 2. The summed E-state index contributed by atoms with van der Waals surface area (Å²) in [7, 11) is 1.58. The van der Waals surface area contributed by atoms with Crippen LogP contribution in [0.5, 0.6) is 5.75 Å². The Kier molecular flexibility index (Phi) is 11.4. The van der Waals surface area contributed by atoms with Gasteiger partial charge in [0, 0.05) is 11.7 Å². The number of anilines is 1. The zero-order valence-corrected chi connectivity index (χ0v) is 24.9. The minimum atomic E-state index is -0.914. The predicted octanol–water partition coefficient (Wildman–Crippen LogP) is 6.17. The molecule has 0 radical (unpaired) electrons. The second-order valence-corrected chi connectivity index (χ2v) is 11.5. The Bertz CT molecular complexity index is 1120. The molecular weight excluding hydrogens is 494 g/mol. The van der Waals surface area contributed by atoms with Crippen molar-refractivity contribution in [1.29, 1.82) is 0 Å². The standard InChI is InChI=1S/C31H45N3O5/c1-20(2)10-12-23(5)34(27(35)19-32-30(37)39-31(6,7)8)28(26-17-11-21(3)18-22(26)4)29(36)33-24-13-15-25(38-9)16-14-24/h11,13-18,20,23,28H,10,12,19H2,1-9H3,(H,32,37)(H,33,36). The Morgan fingerprint density at radius 1 is 0.949 bits per heavy atom. The van der Waals surface area contributed by atoms with Gasteiger partial charge in [0.25, 0.3) is 5.91 Å². The highest BCUT2D eigenvalue weighted by molar-refractivity contribution is 5.98. The number of alkyl carbamates (subject to hydrolysis) is 1. The quantitative estimate of drug-likeness (QED) is 0.356. The van der Waals surface area contributed by atoms with E-state index in [1.807, 2.05) is 39.0 Å². The second kappa shape index (κ2) is 14.0. The van der Waals surface area contributed by atoms with Crippen LogP contribution in [-0.4, -0.2) is 48.1 Å². The number of methoxy groups -OCH3 is 1. The third kappa shape index (κ3) is 9.93. The van der Waals surface area contributed by atoms with E-state index in [0.29, 0.717) is 23.8 Å². The maximum Gasteiger partial charge on any atom is 0.408 e. The molecule has 0 saturated heterocycles. The number of amides is 3. The second-order valence-electron chi connectivity index (χ2n) is 11.5. The van der Waals surface area contributed by atoms with Gasteiger partial charge in [0.1, 0.15) is 23.9 Å². The van der Waals surface area contributed by atoms with E-state index in [2.05, 4.69) is 24.5 Å². The van der Waals surface area contributed by atoms with E-state index in [9.17, 15) is 14.4 Å². The zero-order valence-electron chi connectivity index (χ0n) is 24.9. The molecule has 0 spiro atoms. The average molecular weight is 540 g/mol. The summed E-state index contributed by atoms with van der Waals surface area (Å²) in [4.78, 5) is 41.7. The average Bonchev–Trinajstić information content (AvgIpc) is 2.84. The van der Waals surface area contributed by atoms with Crippen LogP contribution in [0.3, 0.4) is 0 Å². The number of ether oxygens (including phenoxy) is 2. The van der Waals surface area contributed by atoms with E-state index in [0.717, 1.165) is 23.1 Å². The molecule has 2 rings (SSSR count). The third-order valence-corrected chi connectivity index (χ3v) is 6.31. The molecule has 2 aromatic rings. The number of carbonyl (C=O) groups excluding carboxylic acids is 3. The normalized spacial score (nSPS) is 12.9. The minimum absolute atomic E-state index is 0.271. The van der Waals surface area contributed by atoms with Crippen LogP contribution in [0.2, 0.25) is 0 Å². The molecule has 8 nitrogen and oxygen atoms in total. The van der Waals surface area contributed by atoms with Crippen molar-refractivity contribution in [2.24, 2.45) is 5.92 Å². The third-order valence-electron chi connectivity index (χ3n) is 6.31. The number of nitrogens with zero attached hydrogens (tertiary/aromatic N) is 1. The van der Waals surface area contributed by atoms with Gasteiger partial charge in [-0.05, 0) is 95.7 Å². The molecule has 8 heteroatoms. The summed E-state index contributed by atoms with van der Waals surface area (Å²) >= 11 is 0. The molecule has 0 aliphatic carbocycles. The zero-order chi connectivity index (χ0) is 29.3. The summed E-state index contributed by atoms with van der Waals surface area (Å²) in [5.74, 6) is 0.393. The number of hydrogen-bond acceptors (Lipinski definition) is 5. The monoisotopic (exact) mass is 539 g/mol. The van der Waals surface area contributed by atoms with Gasteiger partial charge in [-0.2, -0.15) is 0 Å². The smallest absolute Gasteiger partial charge is 0.408 e. The van der Waals surface area contributed by atoms with Crippen LogP contribution in [0.1, 0.15) is 77.1 Å². The molecule has 2 atom stereocenters. The highest BCUT2D eigenvalue weighted by atomic mass is 16.6. The van der Waals surface area contributed by atoms with Crippen molar-refractivity contribution in [3.8, 4) is 5.75 Å². The van der Waals surface area contributed by atoms with Crippen LogP contribution in [0.4, 0.5) is 10.5 Å². The van der Waals surface area contributed by atoms with Crippen LogP contribution >= 0.6 is 0 Å². The molecule has 0 saturated carbocycles. The van der Waals surface area contributed by atoms with Gasteiger partial charge in [-0.3, -0.25) is 9.59 Å². The lowest BCUT2D eigenvalue weighted by atomic mass is 9.94. The van der Waals surface area contributed by atoms with Crippen LogP contribution in [0.15, 0.2) is 42.5 Å². The van der Waals surface area contributed by atoms with Gasteiger partial charge in [-0.25, -0.2) is 4.79 Å². The van der Waals surface area contributed by atoms with Crippen LogP contribution in [0.25, 0.3) is 0 Å². The molecule has 3 amide bonds. The first kappa shape index (κ1) is 31.7. The summed E-state index contributed by atoms with van der Waals surface area (Å²) in [6.45, 7) is 15.1. The van der Waals surface area contributed by atoms with Crippen molar-refractivity contribution < 1.29 is 23.9 Å². The highest BCUT2D eigenvalue weighted by Crippen LogP contribution is 2.30. The molecule has 214 valence electrons. The van der Waals surface area contributed by atoms with Crippen LogP contribution < -0.4 is 15.4 Å². The summed E-state index contributed by atoms with van der Waals surface area (Å²) < 4.78 is 10.6. The van der Waals surface area contributed by atoms with Crippen molar-refractivity contribution in [1.82, 2.24) is 10.2 Å². The highest BCUT2D eigenvalue weighted by Gasteiger charge is 2.36. The van der Waals surface area contributed by atoms with Crippen molar-refractivity contribution in [2.75, 3.05) is 19.0 Å². The van der Waals surface area contributed by atoms with Gasteiger partial charge in [0.15, 0.2) is 0 Å². The number of carbonyl (C=O) groups is 3. The van der Waals surface area contributed by atoms with Gasteiger partial charge in [-0.15, -0.1) is 0 Å². The summed E-state index contributed by atoms with van der Waals surface area (Å²) in [6.07, 6.45) is 0.897. The molecule has 2 unspecified atom stereocenters. The molecule has 2 N–H and O–H groups in total. The molecular formula is C31H45N3O5. The first-order valence-electron chi connectivity index (χ1n) is 13.5. The fourth-order valence-corrected chi connectivity index (χ4v) is 4.35. The largest absolute Gasteiger partial charge is 0.497 e. The van der Waals surface area contributed by atoms with Crippen molar-refractivity contribution in [2.45, 2.75) is 85.9 Å². The van der Waals surface area contributed by atoms with Crippen LogP contribution in [-0.2, 0) is 14.3 Å². The maximum absolute atomic E-state index is 14.0. The Morgan fingerprint density at radius 3 is 2.13 bits per heavy atom. The summed E-state index contributed by atoms with van der Waals surface area (Å²) in [6, 6.07) is 11.7. The van der Waals surface area contributed by atoms with Gasteiger partial charge < -0.3 is 25.0 Å². The Balaban J connectivity index is 2.49. The molecule has 0 aliphatic heterocycles. The lowest BCUT2D eigenvalue weighted by Crippen LogP contribution is -2.50. The number of benzene rings is 2. The number of hydrogen-bond donors (Lipinski definition) is 2. The van der Waals surface area contributed by atoms with E-state index in [-0.39, 0.29) is 24.4 Å². The lowest BCUT2D eigenvalue weighted by molar-refractivity contribution is -0.141. The van der Waals surface area contributed by atoms with Gasteiger partial charge in [-0.1, -0.05) is 37.6 Å². The predicted molar refractivity (Wildman–Crippen MR) is 155 cm³/mol. The SMILES string of the molecule is COc1ccc(NC(=O)C(c2ccc(C)cc2C)N(C(=O)CNC(=O)OC(C)(C)C)C(C)CCC(C)C)cc1. The fraction of sp³-hybridized carbons (Fsp3) is 0.516. The molecule has 0 bridgehead atoms. The lowest BCUT2D eigenvalue weighted by Gasteiger charge is -2.37. The topological polar surface area (TPSA) is 97.0 Å². The number of nitrogens with one attached hydrogen (secondary N) is 2. The molecule has 39 heavy (non-hydrogen) atoms. The van der Waals surface area contributed by atoms with E-state index in [1.54, 1.807) is 57.0 Å². The Labute approximate surface area is 233 Å². The van der Waals surface area contributed by atoms with Crippen LogP contribution in [0, 0.1) is 19.8 Å². The van der Waals surface area contributed by atoms with E-state index in [4.69, 9.17) is 9.47 Å². The van der Waals surface area contributed by atoms with Crippen molar-refractivity contribution >= 4 is 23.6 Å². The fourth-order valence-electron chi connectivity index (χ4n) is 4.35. The maximum atomic E-state index is 14.0. The Hall–Kier alpha value is -3.55.